The van der Waals surface area contributed by atoms with E-state index in [9.17, 15) is 9.59 Å². The highest BCUT2D eigenvalue weighted by Crippen LogP contribution is 2.28. The zero-order chi connectivity index (χ0) is 16.5. The largest absolute Gasteiger partial charge is 0.397 e. The number of hydrogen-bond acceptors (Lipinski definition) is 4. The van der Waals surface area contributed by atoms with E-state index in [1.807, 2.05) is 37.5 Å². The maximum absolute atomic E-state index is 12.0. The van der Waals surface area contributed by atoms with E-state index in [0.717, 1.165) is 11.3 Å². The molecule has 0 aliphatic heterocycles. The molecular formula is C15H21N5O2. The van der Waals surface area contributed by atoms with Crippen molar-refractivity contribution < 1.29 is 9.59 Å². The first-order chi connectivity index (χ1) is 10.2. The molecule has 1 aromatic heterocycles. The third-order valence-corrected chi connectivity index (χ3v) is 3.16. The average Bonchev–Trinajstić information content (AvgIpc) is 2.77. The third kappa shape index (κ3) is 3.19. The summed E-state index contributed by atoms with van der Waals surface area (Å²) >= 11 is 0. The van der Waals surface area contributed by atoms with Crippen LogP contribution in [0, 0.1) is 0 Å². The third-order valence-electron chi connectivity index (χ3n) is 3.16. The van der Waals surface area contributed by atoms with E-state index < -0.39 is 0 Å². The first-order valence-electron chi connectivity index (χ1n) is 7.01. The number of anilines is 1. The standard InChI is InChI=1S/C15H21N5O2/c1-9(21)18-19-12(22)8-20-11-7-5-6-10(16)13(11)17-14(20)15(2,3)4/h5-7H,8,16H2,1-4H3,(H,18,21)(H,19,22). The molecular weight excluding hydrogens is 282 g/mol. The van der Waals surface area contributed by atoms with Gasteiger partial charge in [-0.15, -0.1) is 0 Å². The van der Waals surface area contributed by atoms with Crippen LogP contribution in [0.4, 0.5) is 5.69 Å². The molecule has 2 aromatic rings. The van der Waals surface area contributed by atoms with Crippen molar-refractivity contribution in [2.75, 3.05) is 5.73 Å². The summed E-state index contributed by atoms with van der Waals surface area (Å²) in [6.07, 6.45) is 0. The summed E-state index contributed by atoms with van der Waals surface area (Å²) in [6.45, 7) is 7.44. The zero-order valence-corrected chi connectivity index (χ0v) is 13.2. The Morgan fingerprint density at radius 3 is 2.55 bits per heavy atom. The molecule has 0 saturated heterocycles. The highest BCUT2D eigenvalue weighted by Gasteiger charge is 2.24. The maximum Gasteiger partial charge on any atom is 0.258 e. The van der Waals surface area contributed by atoms with E-state index in [4.69, 9.17) is 5.73 Å². The van der Waals surface area contributed by atoms with Crippen LogP contribution >= 0.6 is 0 Å². The molecule has 4 N–H and O–H groups in total. The number of hydrazine groups is 1. The number of nitrogens with zero attached hydrogens (tertiary/aromatic N) is 2. The predicted octanol–water partition coefficient (Wildman–Crippen LogP) is 1.08. The summed E-state index contributed by atoms with van der Waals surface area (Å²) in [5, 5.41) is 0. The maximum atomic E-state index is 12.0. The van der Waals surface area contributed by atoms with Gasteiger partial charge in [-0.05, 0) is 12.1 Å². The normalized spacial score (nSPS) is 11.5. The van der Waals surface area contributed by atoms with Crippen molar-refractivity contribution >= 4 is 28.5 Å². The van der Waals surface area contributed by atoms with Gasteiger partial charge in [0.2, 0.25) is 5.91 Å². The van der Waals surface area contributed by atoms with Crippen LogP contribution in [0.15, 0.2) is 18.2 Å². The summed E-state index contributed by atoms with van der Waals surface area (Å²) in [5.41, 5.74) is 12.4. The number of fused-ring (bicyclic) bond motifs is 1. The van der Waals surface area contributed by atoms with Crippen molar-refractivity contribution in [2.45, 2.75) is 39.7 Å². The summed E-state index contributed by atoms with van der Waals surface area (Å²) in [6, 6.07) is 5.48. The number of nitrogens with one attached hydrogen (secondary N) is 2. The molecule has 1 aromatic carbocycles. The molecule has 0 unspecified atom stereocenters. The fraction of sp³-hybridized carbons (Fsp3) is 0.400. The minimum Gasteiger partial charge on any atom is -0.397 e. The molecule has 0 spiro atoms. The Hall–Kier alpha value is -2.57. The molecule has 0 saturated carbocycles. The summed E-state index contributed by atoms with van der Waals surface area (Å²) in [5.74, 6) is 0.102. The van der Waals surface area contributed by atoms with Gasteiger partial charge in [0.25, 0.3) is 5.91 Å². The monoisotopic (exact) mass is 303 g/mol. The quantitative estimate of drug-likeness (QED) is 0.570. The van der Waals surface area contributed by atoms with Crippen LogP contribution in [0.25, 0.3) is 11.0 Å². The summed E-state index contributed by atoms with van der Waals surface area (Å²) in [7, 11) is 0. The number of aromatic nitrogens is 2. The lowest BCUT2D eigenvalue weighted by Crippen LogP contribution is -2.42. The molecule has 2 amide bonds. The molecule has 0 aliphatic rings. The van der Waals surface area contributed by atoms with Crippen molar-refractivity contribution in [1.82, 2.24) is 20.4 Å². The second-order valence-electron chi connectivity index (χ2n) is 6.22. The number of nitrogens with two attached hydrogens (primary N) is 1. The van der Waals surface area contributed by atoms with E-state index in [0.29, 0.717) is 11.2 Å². The molecule has 0 fully saturated rings. The van der Waals surface area contributed by atoms with Gasteiger partial charge in [0.05, 0.1) is 11.2 Å². The first kappa shape index (κ1) is 15.8. The van der Waals surface area contributed by atoms with Crippen molar-refractivity contribution in [1.29, 1.82) is 0 Å². The van der Waals surface area contributed by atoms with Crippen molar-refractivity contribution in [3.8, 4) is 0 Å². The Balaban J connectivity index is 2.44. The Morgan fingerprint density at radius 1 is 1.27 bits per heavy atom. The fourth-order valence-electron chi connectivity index (χ4n) is 2.24. The van der Waals surface area contributed by atoms with Crippen LogP contribution < -0.4 is 16.6 Å². The molecule has 0 bridgehead atoms. The molecule has 7 nitrogen and oxygen atoms in total. The average molecular weight is 303 g/mol. The van der Waals surface area contributed by atoms with Crippen LogP contribution in [-0.2, 0) is 21.5 Å². The molecule has 2 rings (SSSR count). The van der Waals surface area contributed by atoms with Crippen LogP contribution in [0.2, 0.25) is 0 Å². The predicted molar refractivity (Wildman–Crippen MR) is 84.8 cm³/mol. The molecule has 118 valence electrons. The minimum absolute atomic E-state index is 0.0484. The van der Waals surface area contributed by atoms with Gasteiger partial charge >= 0.3 is 0 Å². The van der Waals surface area contributed by atoms with E-state index in [1.165, 1.54) is 6.92 Å². The van der Waals surface area contributed by atoms with Gasteiger partial charge in [0, 0.05) is 12.3 Å². The number of rotatable bonds is 2. The van der Waals surface area contributed by atoms with Gasteiger partial charge in [-0.25, -0.2) is 4.98 Å². The van der Waals surface area contributed by atoms with Crippen molar-refractivity contribution in [3.63, 3.8) is 0 Å². The molecule has 7 heteroatoms. The first-order valence-corrected chi connectivity index (χ1v) is 7.01. The Labute approximate surface area is 128 Å². The number of para-hydroxylation sites is 1. The van der Waals surface area contributed by atoms with Gasteiger partial charge in [-0.1, -0.05) is 26.8 Å². The zero-order valence-electron chi connectivity index (χ0n) is 13.2. The van der Waals surface area contributed by atoms with Gasteiger partial charge in [0.15, 0.2) is 0 Å². The Morgan fingerprint density at radius 2 is 1.95 bits per heavy atom. The fourth-order valence-corrected chi connectivity index (χ4v) is 2.24. The summed E-state index contributed by atoms with van der Waals surface area (Å²) in [4.78, 5) is 27.5. The number of carbonyl (C=O) groups is 2. The van der Waals surface area contributed by atoms with Crippen LogP contribution in [0.1, 0.15) is 33.5 Å². The highest BCUT2D eigenvalue weighted by molar-refractivity contribution is 5.89. The van der Waals surface area contributed by atoms with Gasteiger partial charge < -0.3 is 10.3 Å². The van der Waals surface area contributed by atoms with Crippen LogP contribution in [0.5, 0.6) is 0 Å². The Kier molecular flexibility index (Phi) is 4.07. The van der Waals surface area contributed by atoms with E-state index in [1.54, 1.807) is 6.07 Å². The second-order valence-corrected chi connectivity index (χ2v) is 6.22. The molecule has 0 atom stereocenters. The summed E-state index contributed by atoms with van der Waals surface area (Å²) < 4.78 is 1.82. The van der Waals surface area contributed by atoms with E-state index in [-0.39, 0.29) is 23.8 Å². The lowest BCUT2D eigenvalue weighted by Gasteiger charge is -2.20. The minimum atomic E-state index is -0.331. The number of imidazole rings is 1. The molecule has 1 heterocycles. The topological polar surface area (TPSA) is 102 Å². The number of carbonyl (C=O) groups excluding carboxylic acids is 2. The van der Waals surface area contributed by atoms with Gasteiger partial charge in [-0.2, -0.15) is 0 Å². The number of amides is 2. The van der Waals surface area contributed by atoms with E-state index in [2.05, 4.69) is 15.8 Å². The second kappa shape index (κ2) is 5.67. The van der Waals surface area contributed by atoms with Crippen molar-refractivity contribution in [2.24, 2.45) is 0 Å². The van der Waals surface area contributed by atoms with Gasteiger partial charge in [0.1, 0.15) is 17.9 Å². The smallest absolute Gasteiger partial charge is 0.258 e. The van der Waals surface area contributed by atoms with Crippen LogP contribution in [-0.4, -0.2) is 21.4 Å². The number of benzene rings is 1. The van der Waals surface area contributed by atoms with Crippen molar-refractivity contribution in [3.05, 3.63) is 24.0 Å². The Bertz CT molecular complexity index is 727. The molecule has 0 radical (unpaired) electrons. The lowest BCUT2D eigenvalue weighted by atomic mass is 9.95. The van der Waals surface area contributed by atoms with E-state index >= 15 is 0 Å². The molecule has 0 aliphatic carbocycles. The number of hydrogen-bond donors (Lipinski definition) is 3. The number of nitrogen functional groups attached to an aromatic ring is 1. The van der Waals surface area contributed by atoms with Crippen LogP contribution in [0.3, 0.4) is 0 Å². The SMILES string of the molecule is CC(=O)NNC(=O)Cn1c(C(C)(C)C)nc2c(N)cccc21. The molecule has 22 heavy (non-hydrogen) atoms. The lowest BCUT2D eigenvalue weighted by molar-refractivity contribution is -0.128. The van der Waals surface area contributed by atoms with Gasteiger partial charge in [-0.3, -0.25) is 20.4 Å². The highest BCUT2D eigenvalue weighted by atomic mass is 16.2.